The number of para-hydroxylation sites is 1. The molecule has 4 aromatic rings. The van der Waals surface area contributed by atoms with Crippen LogP contribution in [0.25, 0.3) is 33.2 Å². The van der Waals surface area contributed by atoms with E-state index in [0.717, 1.165) is 0 Å². The van der Waals surface area contributed by atoms with E-state index < -0.39 is 17.7 Å². The molecule has 0 aliphatic rings. The first-order chi connectivity index (χ1) is 17.0. The molecule has 1 N–H and O–H groups in total. The molecule has 0 amide bonds. The lowest BCUT2D eigenvalue weighted by atomic mass is 9.89. The van der Waals surface area contributed by atoms with Crippen LogP contribution >= 0.6 is 0 Å². The van der Waals surface area contributed by atoms with Crippen LogP contribution in [-0.4, -0.2) is 23.3 Å². The molecule has 1 heterocycles. The quantitative estimate of drug-likeness (QED) is 0.235. The molecule has 35 heavy (non-hydrogen) atoms. The molecular weight excluding hydrogens is 443 g/mol. The number of rotatable bonds is 8. The van der Waals surface area contributed by atoms with E-state index in [9.17, 15) is 14.9 Å². The number of Topliss-reactive ketones (excluding diaryl/α,β-unsaturated/α-hetero) is 1. The molecule has 1 unspecified atom stereocenters. The van der Waals surface area contributed by atoms with Crippen molar-refractivity contribution in [1.82, 2.24) is 4.98 Å². The Labute approximate surface area is 203 Å². The Kier molecular flexibility index (Phi) is 7.07. The molecule has 1 aromatic heterocycles. The molecule has 0 saturated heterocycles. The number of carbonyl (C=O) groups excluding carboxylic acids is 2. The number of ketones is 1. The minimum absolute atomic E-state index is 0.131. The lowest BCUT2D eigenvalue weighted by Crippen LogP contribution is -2.25. The van der Waals surface area contributed by atoms with Crippen molar-refractivity contribution in [2.75, 3.05) is 6.61 Å². The van der Waals surface area contributed by atoms with Gasteiger partial charge in [-0.3, -0.25) is 9.59 Å². The molecule has 0 aliphatic carbocycles. The van der Waals surface area contributed by atoms with Gasteiger partial charge in [0.2, 0.25) is 0 Å². The summed E-state index contributed by atoms with van der Waals surface area (Å²) in [5.74, 6) is -2.64. The van der Waals surface area contributed by atoms with Crippen molar-refractivity contribution in [2.24, 2.45) is 0 Å². The maximum atomic E-state index is 15.7. The summed E-state index contributed by atoms with van der Waals surface area (Å²) in [5.41, 5.74) is 3.37. The molecule has 0 aliphatic heterocycles. The van der Waals surface area contributed by atoms with Crippen LogP contribution in [-0.2, 0) is 14.3 Å². The molecule has 0 spiro atoms. The van der Waals surface area contributed by atoms with Gasteiger partial charge in [-0.1, -0.05) is 55.5 Å². The molecule has 0 radical (unpaired) electrons. The summed E-state index contributed by atoms with van der Waals surface area (Å²) in [6.45, 7) is 3.68. The van der Waals surface area contributed by atoms with Gasteiger partial charge in [0, 0.05) is 34.1 Å². The highest BCUT2D eigenvalue weighted by Crippen LogP contribution is 2.40. The van der Waals surface area contributed by atoms with Crippen LogP contribution in [0.4, 0.5) is 4.39 Å². The first-order valence-corrected chi connectivity index (χ1v) is 11.6. The van der Waals surface area contributed by atoms with E-state index >= 15 is 4.39 Å². The average Bonchev–Trinajstić information content (AvgIpc) is 3.23. The number of nitriles is 1. The fourth-order valence-corrected chi connectivity index (χ4v) is 4.41. The fraction of sp³-hybridized carbons (Fsp3) is 0.207. The Hall–Kier alpha value is -4.24. The van der Waals surface area contributed by atoms with Crippen molar-refractivity contribution in [3.63, 3.8) is 0 Å². The van der Waals surface area contributed by atoms with Crippen molar-refractivity contribution in [2.45, 2.75) is 32.6 Å². The van der Waals surface area contributed by atoms with Crippen molar-refractivity contribution in [1.29, 1.82) is 5.26 Å². The van der Waals surface area contributed by atoms with Gasteiger partial charge in [0.05, 0.1) is 18.2 Å². The third-order valence-electron chi connectivity index (χ3n) is 5.96. The second-order valence-electron chi connectivity index (χ2n) is 8.21. The second kappa shape index (κ2) is 10.4. The summed E-state index contributed by atoms with van der Waals surface area (Å²) in [5, 5.41) is 10.1. The number of esters is 1. The zero-order valence-corrected chi connectivity index (χ0v) is 19.6. The second-order valence-corrected chi connectivity index (χ2v) is 8.21. The Morgan fingerprint density at radius 2 is 1.77 bits per heavy atom. The minimum Gasteiger partial charge on any atom is -0.465 e. The van der Waals surface area contributed by atoms with Gasteiger partial charge in [-0.25, -0.2) is 4.39 Å². The van der Waals surface area contributed by atoms with Crippen LogP contribution in [0.3, 0.4) is 0 Å². The van der Waals surface area contributed by atoms with Gasteiger partial charge in [-0.2, -0.15) is 5.26 Å². The predicted molar refractivity (Wildman–Crippen MR) is 133 cm³/mol. The molecule has 5 nitrogen and oxygen atoms in total. The number of benzene rings is 3. The van der Waals surface area contributed by atoms with E-state index in [4.69, 9.17) is 4.74 Å². The maximum Gasteiger partial charge on any atom is 0.322 e. The third-order valence-corrected chi connectivity index (χ3v) is 5.96. The fourth-order valence-electron chi connectivity index (χ4n) is 4.41. The average molecular weight is 469 g/mol. The van der Waals surface area contributed by atoms with E-state index in [1.165, 1.54) is 6.07 Å². The van der Waals surface area contributed by atoms with E-state index in [-0.39, 0.29) is 24.4 Å². The van der Waals surface area contributed by atoms with Gasteiger partial charge in [-0.15, -0.1) is 0 Å². The Balaban J connectivity index is 1.93. The first kappa shape index (κ1) is 23.9. The number of nitrogens with zero attached hydrogens (tertiary/aromatic N) is 1. The summed E-state index contributed by atoms with van der Waals surface area (Å²) in [4.78, 5) is 29.2. The van der Waals surface area contributed by atoms with E-state index in [0.29, 0.717) is 45.3 Å². The molecule has 1 atom stereocenters. The highest BCUT2D eigenvalue weighted by Gasteiger charge is 2.34. The maximum absolute atomic E-state index is 15.7. The molecule has 6 heteroatoms. The number of H-pyrrole nitrogens is 1. The van der Waals surface area contributed by atoms with E-state index in [1.807, 2.05) is 31.2 Å². The van der Waals surface area contributed by atoms with E-state index in [2.05, 4.69) is 11.1 Å². The number of hydrogen-bond donors (Lipinski definition) is 1. The number of aromatic nitrogens is 1. The summed E-state index contributed by atoms with van der Waals surface area (Å²) in [6.07, 6.45) is 0.774. The highest BCUT2D eigenvalue weighted by atomic mass is 19.1. The molecule has 176 valence electrons. The molecule has 4 rings (SSSR count). The number of aromatic amines is 1. The van der Waals surface area contributed by atoms with Crippen molar-refractivity contribution in [3.05, 3.63) is 83.8 Å². The Morgan fingerprint density at radius 3 is 2.49 bits per heavy atom. The van der Waals surface area contributed by atoms with E-state index in [1.54, 1.807) is 43.3 Å². The van der Waals surface area contributed by atoms with Gasteiger partial charge in [-0.05, 0) is 42.7 Å². The minimum atomic E-state index is -1.18. The van der Waals surface area contributed by atoms with Gasteiger partial charge in [0.1, 0.15) is 5.82 Å². The van der Waals surface area contributed by atoms with Crippen LogP contribution in [0.2, 0.25) is 0 Å². The number of ether oxygens (including phenoxy) is 1. The van der Waals surface area contributed by atoms with Gasteiger partial charge in [0.25, 0.3) is 0 Å². The standard InChI is InChI=1S/C29H25FN2O3/c1-3-9-25(33)27(29(34)35-4-2)28-26(22-12-7-8-13-24(22)32-28)21-15-14-18(16-23(21)30)20-11-6-5-10-19(20)17-31/h5-8,10-16,27,32H,3-4,9H2,1-2H3. The van der Waals surface area contributed by atoms with Gasteiger partial charge in [0.15, 0.2) is 11.7 Å². The number of halogens is 1. The monoisotopic (exact) mass is 468 g/mol. The number of nitrogens with one attached hydrogen (secondary N) is 1. The van der Waals surface area contributed by atoms with Crippen molar-refractivity contribution >= 4 is 22.7 Å². The molecule has 0 bridgehead atoms. The van der Waals surface area contributed by atoms with Crippen LogP contribution < -0.4 is 0 Å². The lowest BCUT2D eigenvalue weighted by Gasteiger charge is -2.16. The third kappa shape index (κ3) is 4.58. The van der Waals surface area contributed by atoms with Crippen LogP contribution in [0.15, 0.2) is 66.7 Å². The summed E-state index contributed by atoms with van der Waals surface area (Å²) in [7, 11) is 0. The number of fused-ring (bicyclic) bond motifs is 1. The van der Waals surface area contributed by atoms with Crippen LogP contribution in [0, 0.1) is 17.1 Å². The van der Waals surface area contributed by atoms with Crippen molar-refractivity contribution < 1.29 is 18.7 Å². The Morgan fingerprint density at radius 1 is 1.03 bits per heavy atom. The number of carbonyl (C=O) groups is 2. The SMILES string of the molecule is CCCC(=O)C(C(=O)OCC)c1[nH]c2ccccc2c1-c1ccc(-c2ccccc2C#N)cc1F. The smallest absolute Gasteiger partial charge is 0.322 e. The van der Waals surface area contributed by atoms with Gasteiger partial charge >= 0.3 is 5.97 Å². The molecule has 0 saturated carbocycles. The topological polar surface area (TPSA) is 83.0 Å². The van der Waals surface area contributed by atoms with Crippen LogP contribution in [0.1, 0.15) is 43.9 Å². The number of hydrogen-bond acceptors (Lipinski definition) is 4. The highest BCUT2D eigenvalue weighted by molar-refractivity contribution is 6.09. The Bertz CT molecular complexity index is 1430. The molecular formula is C29H25FN2O3. The zero-order chi connectivity index (χ0) is 24.9. The normalized spacial score (nSPS) is 11.7. The molecule has 3 aromatic carbocycles. The largest absolute Gasteiger partial charge is 0.465 e. The van der Waals surface area contributed by atoms with Gasteiger partial charge < -0.3 is 9.72 Å². The van der Waals surface area contributed by atoms with Crippen molar-refractivity contribution in [3.8, 4) is 28.3 Å². The summed E-state index contributed by atoms with van der Waals surface area (Å²) < 4.78 is 20.9. The molecule has 0 fully saturated rings. The predicted octanol–water partition coefficient (Wildman–Crippen LogP) is 6.53. The lowest BCUT2D eigenvalue weighted by molar-refractivity contribution is -0.148. The zero-order valence-electron chi connectivity index (χ0n) is 19.6. The van der Waals surface area contributed by atoms with Crippen LogP contribution in [0.5, 0.6) is 0 Å². The summed E-state index contributed by atoms with van der Waals surface area (Å²) >= 11 is 0. The first-order valence-electron chi connectivity index (χ1n) is 11.6. The summed E-state index contributed by atoms with van der Waals surface area (Å²) in [6, 6.07) is 21.2.